The molecule has 0 bridgehead atoms. The summed E-state index contributed by atoms with van der Waals surface area (Å²) in [6.07, 6.45) is 0.0705. The van der Waals surface area contributed by atoms with Crippen molar-refractivity contribution in [3.63, 3.8) is 0 Å². The van der Waals surface area contributed by atoms with E-state index in [0.29, 0.717) is 17.9 Å². The van der Waals surface area contributed by atoms with Crippen LogP contribution >= 0.6 is 0 Å². The van der Waals surface area contributed by atoms with E-state index in [1.54, 1.807) is 24.3 Å². The summed E-state index contributed by atoms with van der Waals surface area (Å²) >= 11 is 0. The van der Waals surface area contributed by atoms with Crippen molar-refractivity contribution in [2.24, 2.45) is 0 Å². The van der Waals surface area contributed by atoms with Crippen molar-refractivity contribution in [3.8, 4) is 11.4 Å². The van der Waals surface area contributed by atoms with E-state index in [0.717, 1.165) is 22.6 Å². The van der Waals surface area contributed by atoms with Crippen LogP contribution in [0.5, 0.6) is 5.75 Å². The first-order valence-corrected chi connectivity index (χ1v) is 9.51. The number of hydrogen-bond acceptors (Lipinski definition) is 5. The van der Waals surface area contributed by atoms with Gasteiger partial charge in [-0.15, -0.1) is 0 Å². The maximum Gasteiger partial charge on any atom is 0.310 e. The molecule has 0 aliphatic carbocycles. The summed E-state index contributed by atoms with van der Waals surface area (Å²) in [6.45, 7) is 5.94. The summed E-state index contributed by atoms with van der Waals surface area (Å²) in [6, 6.07) is 16.5. The van der Waals surface area contributed by atoms with E-state index in [9.17, 15) is 9.59 Å². The molecule has 6 nitrogen and oxygen atoms in total. The van der Waals surface area contributed by atoms with E-state index in [-0.39, 0.29) is 18.8 Å². The molecule has 0 fully saturated rings. The van der Waals surface area contributed by atoms with Gasteiger partial charge in [-0.05, 0) is 57.2 Å². The molecule has 3 rings (SSSR count). The molecule has 0 unspecified atom stereocenters. The number of ether oxygens (including phenoxy) is 2. The number of rotatable bonds is 8. The molecule has 0 spiro atoms. The van der Waals surface area contributed by atoms with Gasteiger partial charge in [-0.2, -0.15) is 5.10 Å². The second-order valence-electron chi connectivity index (χ2n) is 6.61. The van der Waals surface area contributed by atoms with Crippen molar-refractivity contribution in [1.82, 2.24) is 9.78 Å². The molecule has 0 saturated heterocycles. The van der Waals surface area contributed by atoms with Crippen molar-refractivity contribution in [1.29, 1.82) is 0 Å². The van der Waals surface area contributed by atoms with Gasteiger partial charge in [0.2, 0.25) is 0 Å². The highest BCUT2D eigenvalue weighted by Gasteiger charge is 2.18. The maximum atomic E-state index is 12.3. The molecule has 2 aromatic carbocycles. The van der Waals surface area contributed by atoms with Gasteiger partial charge in [0.1, 0.15) is 5.75 Å². The predicted molar refractivity (Wildman–Crippen MR) is 110 cm³/mol. The van der Waals surface area contributed by atoms with Gasteiger partial charge in [-0.1, -0.05) is 18.2 Å². The number of hydrogen-bond donors (Lipinski definition) is 0. The zero-order valence-electron chi connectivity index (χ0n) is 16.8. The Morgan fingerprint density at radius 1 is 1.00 bits per heavy atom. The molecule has 0 amide bonds. The van der Waals surface area contributed by atoms with Crippen LogP contribution in [0.3, 0.4) is 0 Å². The van der Waals surface area contributed by atoms with Crippen LogP contribution < -0.4 is 4.74 Å². The average molecular weight is 392 g/mol. The minimum absolute atomic E-state index is 0.0705. The van der Waals surface area contributed by atoms with E-state index in [1.807, 2.05) is 55.8 Å². The molecule has 6 heteroatoms. The third-order valence-electron chi connectivity index (χ3n) is 4.61. The monoisotopic (exact) mass is 392 g/mol. The Balaban J connectivity index is 1.61. The van der Waals surface area contributed by atoms with Crippen molar-refractivity contribution >= 4 is 11.8 Å². The summed E-state index contributed by atoms with van der Waals surface area (Å²) in [5.41, 5.74) is 3.86. The highest BCUT2D eigenvalue weighted by Crippen LogP contribution is 2.19. The second-order valence-corrected chi connectivity index (χ2v) is 6.61. The largest absolute Gasteiger partial charge is 0.494 e. The zero-order chi connectivity index (χ0) is 20.8. The molecular formula is C23H24N2O4. The number of aryl methyl sites for hydroxylation is 1. The lowest BCUT2D eigenvalue weighted by molar-refractivity contribution is -0.141. The normalized spacial score (nSPS) is 10.6. The fourth-order valence-electron chi connectivity index (χ4n) is 3.08. The lowest BCUT2D eigenvalue weighted by Crippen LogP contribution is -2.16. The summed E-state index contributed by atoms with van der Waals surface area (Å²) < 4.78 is 12.4. The Kier molecular flexibility index (Phi) is 6.44. The van der Waals surface area contributed by atoms with Crippen LogP contribution in [0.25, 0.3) is 5.69 Å². The number of aromatic nitrogens is 2. The van der Waals surface area contributed by atoms with E-state index >= 15 is 0 Å². The number of benzene rings is 2. The topological polar surface area (TPSA) is 70.4 Å². The number of nitrogens with zero attached hydrogens (tertiary/aromatic N) is 2. The lowest BCUT2D eigenvalue weighted by Gasteiger charge is -2.07. The van der Waals surface area contributed by atoms with E-state index < -0.39 is 5.97 Å². The zero-order valence-corrected chi connectivity index (χ0v) is 16.8. The Bertz CT molecular complexity index is 992. The van der Waals surface area contributed by atoms with E-state index in [2.05, 4.69) is 5.10 Å². The second kappa shape index (κ2) is 9.19. The molecule has 1 aromatic heterocycles. The standard InChI is InChI=1S/C23H24N2O4/c1-4-28-20-12-10-18(11-13-20)22(26)15-29-23(27)14-21-16(2)24-25(17(21)3)19-8-6-5-7-9-19/h5-13H,4,14-15H2,1-3H3. The first kappa shape index (κ1) is 20.3. The van der Waals surface area contributed by atoms with Crippen LogP contribution in [0.15, 0.2) is 54.6 Å². The van der Waals surface area contributed by atoms with Crippen molar-refractivity contribution in [2.45, 2.75) is 27.2 Å². The SMILES string of the molecule is CCOc1ccc(C(=O)COC(=O)Cc2c(C)nn(-c3ccccc3)c2C)cc1. The third-order valence-corrected chi connectivity index (χ3v) is 4.61. The van der Waals surface area contributed by atoms with E-state index in [4.69, 9.17) is 9.47 Å². The smallest absolute Gasteiger partial charge is 0.310 e. The number of ketones is 1. The summed E-state index contributed by atoms with van der Waals surface area (Å²) in [5, 5.41) is 4.53. The predicted octanol–water partition coefficient (Wildman–Crippen LogP) is 3.86. The van der Waals surface area contributed by atoms with Gasteiger partial charge in [0, 0.05) is 16.8 Å². The molecular weight excluding hydrogens is 368 g/mol. The molecule has 0 saturated carbocycles. The van der Waals surface area contributed by atoms with Gasteiger partial charge in [-0.3, -0.25) is 9.59 Å². The van der Waals surface area contributed by atoms with Gasteiger partial charge in [-0.25, -0.2) is 4.68 Å². The fourth-order valence-corrected chi connectivity index (χ4v) is 3.08. The van der Waals surface area contributed by atoms with Crippen LogP contribution in [0, 0.1) is 13.8 Å². The van der Waals surface area contributed by atoms with Crippen molar-refractivity contribution in [2.75, 3.05) is 13.2 Å². The Labute approximate surface area is 170 Å². The number of carbonyl (C=O) groups excluding carboxylic acids is 2. The molecule has 1 heterocycles. The highest BCUT2D eigenvalue weighted by atomic mass is 16.5. The van der Waals surface area contributed by atoms with Gasteiger partial charge >= 0.3 is 5.97 Å². The maximum absolute atomic E-state index is 12.3. The first-order chi connectivity index (χ1) is 14.0. The molecule has 0 aliphatic rings. The molecule has 0 atom stereocenters. The minimum atomic E-state index is -0.455. The number of para-hydroxylation sites is 1. The summed E-state index contributed by atoms with van der Waals surface area (Å²) in [7, 11) is 0. The molecule has 0 aliphatic heterocycles. The third kappa shape index (κ3) is 4.90. The molecule has 29 heavy (non-hydrogen) atoms. The van der Waals surface area contributed by atoms with Crippen LogP contribution in [0.1, 0.15) is 34.2 Å². The number of carbonyl (C=O) groups is 2. The van der Waals surface area contributed by atoms with Crippen LogP contribution in [-0.2, 0) is 16.0 Å². The quantitative estimate of drug-likeness (QED) is 0.430. The molecule has 0 N–H and O–H groups in total. The van der Waals surface area contributed by atoms with Gasteiger partial charge in [0.05, 0.1) is 24.4 Å². The van der Waals surface area contributed by atoms with Crippen LogP contribution in [-0.4, -0.2) is 34.7 Å². The van der Waals surface area contributed by atoms with Gasteiger partial charge in [0.15, 0.2) is 12.4 Å². The lowest BCUT2D eigenvalue weighted by atomic mass is 10.1. The summed E-state index contributed by atoms with van der Waals surface area (Å²) in [5.74, 6) is -0.0136. The fraction of sp³-hybridized carbons (Fsp3) is 0.261. The molecule has 3 aromatic rings. The van der Waals surface area contributed by atoms with Crippen molar-refractivity contribution in [3.05, 3.63) is 77.1 Å². The Morgan fingerprint density at radius 3 is 2.34 bits per heavy atom. The minimum Gasteiger partial charge on any atom is -0.494 e. The Morgan fingerprint density at radius 2 is 1.69 bits per heavy atom. The number of Topliss-reactive ketones (excluding diaryl/α,β-unsaturated/α-hetero) is 1. The number of esters is 1. The van der Waals surface area contributed by atoms with Crippen LogP contribution in [0.2, 0.25) is 0 Å². The molecule has 150 valence electrons. The molecule has 0 radical (unpaired) electrons. The van der Waals surface area contributed by atoms with E-state index in [1.165, 1.54) is 0 Å². The van der Waals surface area contributed by atoms with Crippen molar-refractivity contribution < 1.29 is 19.1 Å². The van der Waals surface area contributed by atoms with Crippen LogP contribution in [0.4, 0.5) is 0 Å². The van der Waals surface area contributed by atoms with Gasteiger partial charge in [0.25, 0.3) is 0 Å². The average Bonchev–Trinajstić information content (AvgIpc) is 3.01. The summed E-state index contributed by atoms with van der Waals surface area (Å²) in [4.78, 5) is 24.6. The highest BCUT2D eigenvalue weighted by molar-refractivity contribution is 5.98. The Hall–Kier alpha value is -3.41. The first-order valence-electron chi connectivity index (χ1n) is 9.51. The van der Waals surface area contributed by atoms with Gasteiger partial charge < -0.3 is 9.47 Å².